The molecule has 0 saturated carbocycles. The molecule has 5 rings (SSSR count). The fourth-order valence-electron chi connectivity index (χ4n) is 4.78. The number of para-hydroxylation sites is 1. The summed E-state index contributed by atoms with van der Waals surface area (Å²) in [7, 11) is 2.84. The number of hydrogen-bond donors (Lipinski definition) is 0. The fourth-order valence-corrected chi connectivity index (χ4v) is 5.83. The highest BCUT2D eigenvalue weighted by Gasteiger charge is 2.27. The Kier molecular flexibility index (Phi) is 7.92. The van der Waals surface area contributed by atoms with Crippen molar-refractivity contribution < 1.29 is 23.7 Å². The van der Waals surface area contributed by atoms with Gasteiger partial charge in [-0.2, -0.15) is 0 Å². The number of benzene rings is 1. The van der Waals surface area contributed by atoms with E-state index in [1.54, 1.807) is 17.7 Å². The highest BCUT2D eigenvalue weighted by Crippen LogP contribution is 2.32. The van der Waals surface area contributed by atoms with E-state index in [0.29, 0.717) is 29.2 Å². The second-order valence-corrected chi connectivity index (χ2v) is 10.0. The third-order valence-corrected chi connectivity index (χ3v) is 7.88. The van der Waals surface area contributed by atoms with Crippen molar-refractivity contribution in [2.24, 2.45) is 0 Å². The van der Waals surface area contributed by atoms with Crippen LogP contribution in [-0.2, 0) is 20.8 Å². The van der Waals surface area contributed by atoms with Gasteiger partial charge in [0, 0.05) is 18.8 Å². The van der Waals surface area contributed by atoms with Gasteiger partial charge in [0.05, 0.1) is 32.3 Å². The van der Waals surface area contributed by atoms with E-state index < -0.39 is 23.3 Å². The second-order valence-electron chi connectivity index (χ2n) is 9.18. The second kappa shape index (κ2) is 11.5. The van der Waals surface area contributed by atoms with Crippen LogP contribution in [0, 0.1) is 6.92 Å². The number of methoxy groups -OCH3 is 2. The highest BCUT2D eigenvalue weighted by molar-refractivity contribution is 7.17. The van der Waals surface area contributed by atoms with Crippen LogP contribution in [0.4, 0.5) is 0 Å². The molecule has 39 heavy (non-hydrogen) atoms. The number of nitrogens with zero attached hydrogens (tertiary/aromatic N) is 3. The average molecular weight is 552 g/mol. The molecule has 1 saturated heterocycles. The summed E-state index contributed by atoms with van der Waals surface area (Å²) in [5, 5.41) is 2.26. The lowest BCUT2D eigenvalue weighted by Crippen LogP contribution is -2.40. The van der Waals surface area contributed by atoms with Crippen molar-refractivity contribution in [3.63, 3.8) is 0 Å². The van der Waals surface area contributed by atoms with E-state index in [-0.39, 0.29) is 24.2 Å². The van der Waals surface area contributed by atoms with Crippen LogP contribution in [0.3, 0.4) is 0 Å². The molecule has 0 amide bonds. The number of hydrogen-bond acceptors (Lipinski definition) is 9. The molecule has 0 spiro atoms. The number of fused-ring (bicyclic) bond motifs is 1. The Morgan fingerprint density at radius 3 is 2.64 bits per heavy atom. The van der Waals surface area contributed by atoms with Gasteiger partial charge < -0.3 is 18.9 Å². The van der Waals surface area contributed by atoms with Crippen molar-refractivity contribution in [3.8, 4) is 11.6 Å². The van der Waals surface area contributed by atoms with E-state index in [0.717, 1.165) is 28.5 Å². The predicted octanol–water partition coefficient (Wildman–Crippen LogP) is 3.65. The first kappa shape index (κ1) is 26.8. The van der Waals surface area contributed by atoms with Crippen molar-refractivity contribution >= 4 is 27.5 Å². The van der Waals surface area contributed by atoms with Crippen LogP contribution in [0.15, 0.2) is 57.4 Å². The Balaban J connectivity index is 1.68. The summed E-state index contributed by atoms with van der Waals surface area (Å²) in [6, 6.07) is 12.1. The summed E-state index contributed by atoms with van der Waals surface area (Å²) in [6.45, 7) is 3.16. The molecule has 1 aliphatic rings. The number of thiophene rings is 1. The summed E-state index contributed by atoms with van der Waals surface area (Å²) in [6.07, 6.45) is 0.859. The third kappa shape index (κ3) is 5.25. The monoisotopic (exact) mass is 551 g/mol. The SMILES string of the molecule is COC(=O)c1cccc(-n2c(=O)c3c(C)csc3n(C[C@H](OC3CCOCC3)c3ccccc3OC)c2=O)n1. The first-order chi connectivity index (χ1) is 18.9. The number of aryl methyl sites for hydroxylation is 1. The van der Waals surface area contributed by atoms with Crippen LogP contribution in [0.1, 0.15) is 40.6 Å². The van der Waals surface area contributed by atoms with Gasteiger partial charge in [0.1, 0.15) is 22.5 Å². The molecule has 3 aromatic heterocycles. The Morgan fingerprint density at radius 2 is 1.90 bits per heavy atom. The first-order valence-corrected chi connectivity index (χ1v) is 13.5. The molecule has 0 radical (unpaired) electrons. The zero-order chi connectivity index (χ0) is 27.5. The lowest BCUT2D eigenvalue weighted by atomic mass is 10.1. The van der Waals surface area contributed by atoms with Crippen LogP contribution in [0.5, 0.6) is 5.75 Å². The van der Waals surface area contributed by atoms with Crippen molar-refractivity contribution in [1.29, 1.82) is 0 Å². The van der Waals surface area contributed by atoms with E-state index in [9.17, 15) is 14.4 Å². The molecule has 0 bridgehead atoms. The lowest BCUT2D eigenvalue weighted by Gasteiger charge is -2.29. The van der Waals surface area contributed by atoms with Gasteiger partial charge in [-0.3, -0.25) is 9.36 Å². The Hall–Kier alpha value is -3.80. The van der Waals surface area contributed by atoms with Crippen molar-refractivity contribution in [2.45, 2.75) is 38.5 Å². The van der Waals surface area contributed by atoms with Gasteiger partial charge in [0.15, 0.2) is 5.69 Å². The number of esters is 1. The summed E-state index contributed by atoms with van der Waals surface area (Å²) in [5.74, 6) is 0.00873. The van der Waals surface area contributed by atoms with Gasteiger partial charge in [-0.25, -0.2) is 19.1 Å². The van der Waals surface area contributed by atoms with Gasteiger partial charge in [0.25, 0.3) is 5.56 Å². The number of carbonyl (C=O) groups is 1. The molecule has 1 aliphatic heterocycles. The van der Waals surface area contributed by atoms with E-state index in [2.05, 4.69) is 4.98 Å². The first-order valence-electron chi connectivity index (χ1n) is 12.6. The summed E-state index contributed by atoms with van der Waals surface area (Å²) < 4.78 is 25.1. The standard InChI is InChI=1S/C28H29N3O7S/c1-17-16-39-26-24(17)25(32)31(23-10-6-8-20(29-23)27(33)36-3)28(34)30(26)15-22(38-18-11-13-37-14-12-18)19-7-4-5-9-21(19)35-2/h4-10,16,18,22H,11-15H2,1-3H3/t22-/m0/s1. The highest BCUT2D eigenvalue weighted by atomic mass is 32.1. The minimum absolute atomic E-state index is 0.00950. The summed E-state index contributed by atoms with van der Waals surface area (Å²) in [5.41, 5.74) is 0.442. The average Bonchev–Trinajstić information content (AvgIpc) is 3.36. The van der Waals surface area contributed by atoms with E-state index in [1.807, 2.05) is 36.6 Å². The van der Waals surface area contributed by atoms with Crippen LogP contribution in [0.2, 0.25) is 0 Å². The molecule has 1 fully saturated rings. The summed E-state index contributed by atoms with van der Waals surface area (Å²) >= 11 is 1.33. The van der Waals surface area contributed by atoms with Crippen LogP contribution >= 0.6 is 11.3 Å². The smallest absolute Gasteiger partial charge is 0.356 e. The van der Waals surface area contributed by atoms with Crippen LogP contribution < -0.4 is 16.0 Å². The molecule has 1 aromatic carbocycles. The van der Waals surface area contributed by atoms with Gasteiger partial charge in [-0.05, 0) is 48.9 Å². The maximum Gasteiger partial charge on any atom is 0.356 e. The van der Waals surface area contributed by atoms with Gasteiger partial charge in [-0.1, -0.05) is 24.3 Å². The maximum atomic E-state index is 14.0. The predicted molar refractivity (Wildman–Crippen MR) is 146 cm³/mol. The van der Waals surface area contributed by atoms with E-state index >= 15 is 0 Å². The molecule has 0 aliphatic carbocycles. The number of pyridine rings is 1. The minimum Gasteiger partial charge on any atom is -0.496 e. The molecular weight excluding hydrogens is 522 g/mol. The Bertz CT molecular complexity index is 1620. The lowest BCUT2D eigenvalue weighted by molar-refractivity contribution is -0.0752. The summed E-state index contributed by atoms with van der Waals surface area (Å²) in [4.78, 5) is 44.6. The normalized spacial score (nSPS) is 14.8. The van der Waals surface area contributed by atoms with E-state index in [4.69, 9.17) is 18.9 Å². The largest absolute Gasteiger partial charge is 0.496 e. The fraction of sp³-hybridized carbons (Fsp3) is 0.357. The molecule has 204 valence electrons. The van der Waals surface area contributed by atoms with Crippen molar-refractivity contribution in [2.75, 3.05) is 27.4 Å². The van der Waals surface area contributed by atoms with Crippen molar-refractivity contribution in [1.82, 2.24) is 14.1 Å². The molecule has 11 heteroatoms. The third-order valence-electron chi connectivity index (χ3n) is 6.76. The molecule has 1 atom stereocenters. The van der Waals surface area contributed by atoms with Gasteiger partial charge in [-0.15, -0.1) is 11.3 Å². The number of aromatic nitrogens is 3. The molecule has 0 unspecified atom stereocenters. The van der Waals surface area contributed by atoms with Crippen LogP contribution in [0.25, 0.3) is 16.0 Å². The molecule has 4 heterocycles. The van der Waals surface area contributed by atoms with E-state index in [1.165, 1.54) is 30.6 Å². The number of carbonyl (C=O) groups excluding carboxylic acids is 1. The van der Waals surface area contributed by atoms with Crippen molar-refractivity contribution in [3.05, 3.63) is 85.5 Å². The topological polar surface area (TPSA) is 111 Å². The zero-order valence-electron chi connectivity index (χ0n) is 21.9. The van der Waals surface area contributed by atoms with Crippen LogP contribution in [-0.4, -0.2) is 53.6 Å². The maximum absolute atomic E-state index is 14.0. The Morgan fingerprint density at radius 1 is 1.13 bits per heavy atom. The quantitative estimate of drug-likeness (QED) is 0.305. The zero-order valence-corrected chi connectivity index (χ0v) is 22.7. The minimum atomic E-state index is -0.667. The molecule has 4 aromatic rings. The number of rotatable bonds is 8. The molecule has 10 nitrogen and oxygen atoms in total. The van der Waals surface area contributed by atoms with Gasteiger partial charge >= 0.3 is 11.7 Å². The molecular formula is C28H29N3O7S. The molecule has 0 N–H and O–H groups in total. The Labute approximate surface area is 228 Å². The number of ether oxygens (including phenoxy) is 4. The van der Waals surface area contributed by atoms with Gasteiger partial charge in [0.2, 0.25) is 0 Å².